The maximum Gasteiger partial charge on any atom is 0.228 e. The van der Waals surface area contributed by atoms with Crippen LogP contribution in [0.5, 0.6) is 0 Å². The van der Waals surface area contributed by atoms with Gasteiger partial charge in [-0.15, -0.1) is 0 Å². The highest BCUT2D eigenvalue weighted by atomic mass is 16.2. The lowest BCUT2D eigenvalue weighted by Crippen LogP contribution is -2.40. The molecule has 6 nitrogen and oxygen atoms in total. The van der Waals surface area contributed by atoms with Gasteiger partial charge in [-0.1, -0.05) is 36.8 Å². The van der Waals surface area contributed by atoms with Gasteiger partial charge in [0.2, 0.25) is 11.8 Å². The Morgan fingerprint density at radius 2 is 2.03 bits per heavy atom. The van der Waals surface area contributed by atoms with E-state index >= 15 is 0 Å². The number of nitrogens with zero attached hydrogens (tertiary/aromatic N) is 4. The second-order valence-corrected chi connectivity index (χ2v) is 8.79. The first-order valence-electron chi connectivity index (χ1n) is 11.5. The van der Waals surface area contributed by atoms with Crippen molar-refractivity contribution in [1.29, 1.82) is 0 Å². The third-order valence-electron chi connectivity index (χ3n) is 6.50. The lowest BCUT2D eigenvalue weighted by atomic mass is 9.95. The van der Waals surface area contributed by atoms with E-state index in [1.807, 2.05) is 23.6 Å². The number of carbonyl (C=O) groups is 2. The molecule has 2 aromatic rings. The standard InChI is InChI=1S/C25H32N4O2/c1-4-22(30)28-13-6-9-20(16-28)24-26-18(3)21-10-11-23(31)29(25(21)27-24)14-12-19-8-5-7-17(2)15-19/h5,7-8,15,20H,4,6,9-14,16H2,1-3H3. The maximum atomic E-state index is 12.8. The number of piperidine rings is 1. The molecule has 1 fully saturated rings. The third kappa shape index (κ3) is 4.63. The van der Waals surface area contributed by atoms with Crippen LogP contribution in [0.3, 0.4) is 0 Å². The van der Waals surface area contributed by atoms with Gasteiger partial charge in [0.1, 0.15) is 11.6 Å². The molecule has 0 N–H and O–H groups in total. The SMILES string of the molecule is CCC(=O)N1CCCC(c2nc(C)c3c(n2)N(CCc2cccc(C)c2)C(=O)CC3)C1. The summed E-state index contributed by atoms with van der Waals surface area (Å²) in [5, 5.41) is 0. The summed E-state index contributed by atoms with van der Waals surface area (Å²) in [6.07, 6.45) is 4.47. The number of hydrogen-bond donors (Lipinski definition) is 0. The van der Waals surface area contributed by atoms with Crippen molar-refractivity contribution in [2.45, 2.75) is 65.2 Å². The minimum absolute atomic E-state index is 0.129. The fourth-order valence-electron chi connectivity index (χ4n) is 4.76. The van der Waals surface area contributed by atoms with E-state index < -0.39 is 0 Å². The Morgan fingerprint density at radius 1 is 1.19 bits per heavy atom. The first kappa shape index (κ1) is 21.5. The fourth-order valence-corrected chi connectivity index (χ4v) is 4.76. The van der Waals surface area contributed by atoms with E-state index in [-0.39, 0.29) is 17.7 Å². The van der Waals surface area contributed by atoms with Crippen molar-refractivity contribution in [2.24, 2.45) is 0 Å². The maximum absolute atomic E-state index is 12.8. The molecule has 31 heavy (non-hydrogen) atoms. The predicted molar refractivity (Wildman–Crippen MR) is 121 cm³/mol. The first-order valence-corrected chi connectivity index (χ1v) is 11.5. The molecule has 6 heteroatoms. The minimum Gasteiger partial charge on any atom is -0.342 e. The molecule has 1 unspecified atom stereocenters. The Morgan fingerprint density at radius 3 is 2.81 bits per heavy atom. The van der Waals surface area contributed by atoms with Gasteiger partial charge < -0.3 is 4.90 Å². The van der Waals surface area contributed by atoms with Crippen LogP contribution in [-0.2, 0) is 22.4 Å². The van der Waals surface area contributed by atoms with Gasteiger partial charge >= 0.3 is 0 Å². The van der Waals surface area contributed by atoms with Crippen LogP contribution >= 0.6 is 0 Å². The summed E-state index contributed by atoms with van der Waals surface area (Å²) in [4.78, 5) is 38.6. The van der Waals surface area contributed by atoms with Crippen LogP contribution in [0.25, 0.3) is 0 Å². The number of amides is 2. The zero-order valence-corrected chi connectivity index (χ0v) is 18.9. The molecule has 1 atom stereocenters. The molecule has 0 bridgehead atoms. The monoisotopic (exact) mass is 420 g/mol. The Hall–Kier alpha value is -2.76. The van der Waals surface area contributed by atoms with Crippen LogP contribution in [0.1, 0.15) is 66.7 Å². The molecule has 1 aromatic carbocycles. The van der Waals surface area contributed by atoms with Crippen molar-refractivity contribution in [3.63, 3.8) is 0 Å². The number of fused-ring (bicyclic) bond motifs is 1. The van der Waals surface area contributed by atoms with Gasteiger partial charge in [0.05, 0.1) is 0 Å². The molecule has 3 heterocycles. The van der Waals surface area contributed by atoms with Gasteiger partial charge in [-0.05, 0) is 45.1 Å². The van der Waals surface area contributed by atoms with Gasteiger partial charge in [-0.2, -0.15) is 0 Å². The average molecular weight is 421 g/mol. The highest BCUT2D eigenvalue weighted by Crippen LogP contribution is 2.32. The van der Waals surface area contributed by atoms with E-state index in [2.05, 4.69) is 31.2 Å². The highest BCUT2D eigenvalue weighted by molar-refractivity contribution is 5.95. The normalized spacial score (nSPS) is 18.8. The van der Waals surface area contributed by atoms with Gasteiger partial charge in [0.25, 0.3) is 0 Å². The van der Waals surface area contributed by atoms with Crippen molar-refractivity contribution in [2.75, 3.05) is 24.5 Å². The molecule has 2 aliphatic heterocycles. The number of aromatic nitrogens is 2. The zero-order chi connectivity index (χ0) is 22.0. The molecule has 0 aliphatic carbocycles. The Kier molecular flexibility index (Phi) is 6.35. The Balaban J connectivity index is 1.59. The molecule has 2 amide bonds. The van der Waals surface area contributed by atoms with E-state index in [0.717, 1.165) is 48.7 Å². The Labute approximate surface area is 184 Å². The van der Waals surface area contributed by atoms with Crippen LogP contribution < -0.4 is 4.90 Å². The zero-order valence-electron chi connectivity index (χ0n) is 18.9. The molecular weight excluding hydrogens is 388 g/mol. The summed E-state index contributed by atoms with van der Waals surface area (Å²) in [6.45, 7) is 8.12. The molecular formula is C25H32N4O2. The van der Waals surface area contributed by atoms with Crippen molar-refractivity contribution >= 4 is 17.6 Å². The molecule has 0 radical (unpaired) electrons. The largest absolute Gasteiger partial charge is 0.342 e. The van der Waals surface area contributed by atoms with E-state index in [1.165, 1.54) is 11.1 Å². The molecule has 164 valence electrons. The summed E-state index contributed by atoms with van der Waals surface area (Å²) < 4.78 is 0. The first-order chi connectivity index (χ1) is 15.0. The second-order valence-electron chi connectivity index (χ2n) is 8.79. The highest BCUT2D eigenvalue weighted by Gasteiger charge is 2.31. The van der Waals surface area contributed by atoms with E-state index in [4.69, 9.17) is 9.97 Å². The number of anilines is 1. The molecule has 2 aliphatic rings. The van der Waals surface area contributed by atoms with Crippen molar-refractivity contribution in [3.05, 3.63) is 52.5 Å². The van der Waals surface area contributed by atoms with Gasteiger partial charge in [-0.25, -0.2) is 9.97 Å². The summed E-state index contributed by atoms with van der Waals surface area (Å²) in [5.41, 5.74) is 4.51. The number of hydrogen-bond acceptors (Lipinski definition) is 4. The molecule has 1 aromatic heterocycles. The smallest absolute Gasteiger partial charge is 0.228 e. The summed E-state index contributed by atoms with van der Waals surface area (Å²) in [6, 6.07) is 8.44. The van der Waals surface area contributed by atoms with E-state index in [1.54, 1.807) is 0 Å². The van der Waals surface area contributed by atoms with Crippen LogP contribution in [-0.4, -0.2) is 46.3 Å². The van der Waals surface area contributed by atoms with E-state index in [9.17, 15) is 9.59 Å². The average Bonchev–Trinajstić information content (AvgIpc) is 2.78. The minimum atomic E-state index is 0.129. The number of benzene rings is 1. The van der Waals surface area contributed by atoms with Crippen molar-refractivity contribution in [3.8, 4) is 0 Å². The number of likely N-dealkylation sites (tertiary alicyclic amines) is 1. The van der Waals surface area contributed by atoms with Crippen LogP contribution in [0.15, 0.2) is 24.3 Å². The second kappa shape index (κ2) is 9.16. The van der Waals surface area contributed by atoms with Crippen molar-refractivity contribution in [1.82, 2.24) is 14.9 Å². The van der Waals surface area contributed by atoms with Crippen LogP contribution in [0, 0.1) is 13.8 Å². The summed E-state index contributed by atoms with van der Waals surface area (Å²) >= 11 is 0. The van der Waals surface area contributed by atoms with Crippen LogP contribution in [0.4, 0.5) is 5.82 Å². The lowest BCUT2D eigenvalue weighted by Gasteiger charge is -2.34. The predicted octanol–water partition coefficient (Wildman–Crippen LogP) is 3.73. The molecule has 0 saturated carbocycles. The summed E-state index contributed by atoms with van der Waals surface area (Å²) in [7, 11) is 0. The number of rotatable bonds is 5. The Bertz CT molecular complexity index is 987. The van der Waals surface area contributed by atoms with Crippen molar-refractivity contribution < 1.29 is 9.59 Å². The fraction of sp³-hybridized carbons (Fsp3) is 0.520. The van der Waals surface area contributed by atoms with Gasteiger partial charge in [0, 0.05) is 49.7 Å². The molecule has 4 rings (SSSR count). The quantitative estimate of drug-likeness (QED) is 0.739. The molecule has 0 spiro atoms. The van der Waals surface area contributed by atoms with Gasteiger partial charge in [-0.3, -0.25) is 14.5 Å². The number of carbonyl (C=O) groups excluding carboxylic acids is 2. The molecule has 1 saturated heterocycles. The topological polar surface area (TPSA) is 66.4 Å². The van der Waals surface area contributed by atoms with Gasteiger partial charge in [0.15, 0.2) is 0 Å². The van der Waals surface area contributed by atoms with E-state index in [0.29, 0.717) is 32.4 Å². The number of aryl methyl sites for hydroxylation is 2. The third-order valence-corrected chi connectivity index (χ3v) is 6.50. The summed E-state index contributed by atoms with van der Waals surface area (Å²) in [5.74, 6) is 2.01. The lowest BCUT2D eigenvalue weighted by molar-refractivity contribution is -0.132. The van der Waals surface area contributed by atoms with Crippen LogP contribution in [0.2, 0.25) is 0 Å².